The number of aldehydes is 1. The molecule has 1 aliphatic heterocycles. The fourth-order valence-electron chi connectivity index (χ4n) is 2.32. The van der Waals surface area contributed by atoms with Crippen molar-refractivity contribution in [1.82, 2.24) is 5.32 Å². The third-order valence-electron chi connectivity index (χ3n) is 3.18. The first-order valence-corrected chi connectivity index (χ1v) is 5.67. The standard InChI is InChI=1S/C14H11NO3/c1-8-2-4-10-11(6-15-14(10)17)13(8)12-5-3-9(7-16)18-12/h2-5,7H,6H2,1H3,(H,15,17). The van der Waals surface area contributed by atoms with Crippen molar-refractivity contribution < 1.29 is 14.0 Å². The van der Waals surface area contributed by atoms with E-state index in [1.165, 1.54) is 0 Å². The summed E-state index contributed by atoms with van der Waals surface area (Å²) in [6.45, 7) is 2.46. The molecule has 3 rings (SSSR count). The van der Waals surface area contributed by atoms with Crippen molar-refractivity contribution in [1.29, 1.82) is 0 Å². The Morgan fingerprint density at radius 2 is 2.11 bits per heavy atom. The highest BCUT2D eigenvalue weighted by Crippen LogP contribution is 2.33. The summed E-state index contributed by atoms with van der Waals surface area (Å²) in [6, 6.07) is 7.10. The van der Waals surface area contributed by atoms with Crippen LogP contribution in [0.5, 0.6) is 0 Å². The highest BCUT2D eigenvalue weighted by atomic mass is 16.3. The molecule has 2 aromatic rings. The quantitative estimate of drug-likeness (QED) is 0.821. The predicted molar refractivity (Wildman–Crippen MR) is 65.4 cm³/mol. The van der Waals surface area contributed by atoms with Crippen molar-refractivity contribution in [3.8, 4) is 11.3 Å². The molecule has 0 bridgehead atoms. The Kier molecular flexibility index (Phi) is 2.30. The molecule has 0 fully saturated rings. The average molecular weight is 241 g/mol. The number of amides is 1. The highest BCUT2D eigenvalue weighted by molar-refractivity contribution is 6.00. The molecule has 1 amide bonds. The topological polar surface area (TPSA) is 59.3 Å². The summed E-state index contributed by atoms with van der Waals surface area (Å²) < 4.78 is 5.45. The fourth-order valence-corrected chi connectivity index (χ4v) is 2.32. The zero-order valence-corrected chi connectivity index (χ0v) is 9.82. The van der Waals surface area contributed by atoms with Crippen LogP contribution < -0.4 is 5.32 Å². The maximum atomic E-state index is 11.6. The third-order valence-corrected chi connectivity index (χ3v) is 3.18. The lowest BCUT2D eigenvalue weighted by Crippen LogP contribution is -2.12. The van der Waals surface area contributed by atoms with Crippen LogP contribution in [0.1, 0.15) is 32.0 Å². The molecule has 4 heteroatoms. The van der Waals surface area contributed by atoms with E-state index >= 15 is 0 Å². The van der Waals surface area contributed by atoms with Crippen molar-refractivity contribution in [3.63, 3.8) is 0 Å². The van der Waals surface area contributed by atoms with E-state index in [2.05, 4.69) is 5.32 Å². The zero-order chi connectivity index (χ0) is 12.7. The number of carbonyl (C=O) groups is 2. The lowest BCUT2D eigenvalue weighted by atomic mass is 9.96. The minimum atomic E-state index is -0.0617. The van der Waals surface area contributed by atoms with Crippen LogP contribution in [0.2, 0.25) is 0 Å². The van der Waals surface area contributed by atoms with Gasteiger partial charge in [-0.1, -0.05) is 6.07 Å². The molecule has 0 saturated carbocycles. The van der Waals surface area contributed by atoms with Gasteiger partial charge in [-0.25, -0.2) is 0 Å². The van der Waals surface area contributed by atoms with Gasteiger partial charge in [-0.3, -0.25) is 9.59 Å². The van der Waals surface area contributed by atoms with Crippen LogP contribution in [0.25, 0.3) is 11.3 Å². The van der Waals surface area contributed by atoms with E-state index in [4.69, 9.17) is 4.42 Å². The van der Waals surface area contributed by atoms with E-state index in [9.17, 15) is 9.59 Å². The van der Waals surface area contributed by atoms with Crippen molar-refractivity contribution in [2.75, 3.05) is 0 Å². The largest absolute Gasteiger partial charge is 0.453 e. The number of hydrogen-bond donors (Lipinski definition) is 1. The first kappa shape index (κ1) is 10.8. The number of hydrogen-bond acceptors (Lipinski definition) is 3. The lowest BCUT2D eigenvalue weighted by Gasteiger charge is -2.07. The minimum absolute atomic E-state index is 0.0617. The van der Waals surface area contributed by atoms with Crippen molar-refractivity contribution in [3.05, 3.63) is 46.7 Å². The third kappa shape index (κ3) is 1.46. The molecule has 1 aliphatic rings. The Balaban J connectivity index is 2.23. The van der Waals surface area contributed by atoms with E-state index in [0.717, 1.165) is 16.7 Å². The molecule has 0 atom stereocenters. The van der Waals surface area contributed by atoms with Crippen molar-refractivity contribution >= 4 is 12.2 Å². The molecule has 0 radical (unpaired) electrons. The number of carbonyl (C=O) groups excluding carboxylic acids is 2. The number of nitrogens with one attached hydrogen (secondary N) is 1. The summed E-state index contributed by atoms with van der Waals surface area (Å²) in [5, 5.41) is 2.79. The molecule has 1 N–H and O–H groups in total. The normalized spacial score (nSPS) is 13.3. The first-order chi connectivity index (χ1) is 8.70. The zero-order valence-electron chi connectivity index (χ0n) is 9.82. The first-order valence-electron chi connectivity index (χ1n) is 5.67. The van der Waals surface area contributed by atoms with E-state index in [0.29, 0.717) is 29.9 Å². The fraction of sp³-hybridized carbons (Fsp3) is 0.143. The Hall–Kier alpha value is -2.36. The van der Waals surface area contributed by atoms with Crippen LogP contribution in [0.3, 0.4) is 0 Å². The second kappa shape index (κ2) is 3.84. The molecule has 90 valence electrons. The SMILES string of the molecule is Cc1ccc2c(c1-c1ccc(C=O)o1)CNC2=O. The summed E-state index contributed by atoms with van der Waals surface area (Å²) in [6.07, 6.45) is 0.672. The van der Waals surface area contributed by atoms with E-state index in [-0.39, 0.29) is 5.91 Å². The molecule has 1 aromatic heterocycles. The summed E-state index contributed by atoms with van der Waals surface area (Å²) >= 11 is 0. The minimum Gasteiger partial charge on any atom is -0.453 e. The van der Waals surface area contributed by atoms with Gasteiger partial charge in [0.2, 0.25) is 0 Å². The number of furan rings is 1. The summed E-state index contributed by atoms with van der Waals surface area (Å²) in [4.78, 5) is 22.3. The Morgan fingerprint density at radius 3 is 2.83 bits per heavy atom. The van der Waals surface area contributed by atoms with Gasteiger partial charge in [0, 0.05) is 17.7 Å². The summed E-state index contributed by atoms with van der Waals surface area (Å²) in [5.74, 6) is 0.857. The van der Waals surface area contributed by atoms with E-state index in [1.807, 2.05) is 19.1 Å². The van der Waals surface area contributed by atoms with Crippen molar-refractivity contribution in [2.24, 2.45) is 0 Å². The predicted octanol–water partition coefficient (Wildman–Crippen LogP) is 2.31. The molecular weight excluding hydrogens is 230 g/mol. The summed E-state index contributed by atoms with van der Waals surface area (Å²) in [7, 11) is 0. The molecule has 0 aliphatic carbocycles. The number of benzene rings is 1. The van der Waals surface area contributed by atoms with Crippen LogP contribution in [0.4, 0.5) is 0 Å². The molecule has 0 unspecified atom stereocenters. The van der Waals surface area contributed by atoms with Gasteiger partial charge in [-0.15, -0.1) is 0 Å². The monoisotopic (exact) mass is 241 g/mol. The van der Waals surface area contributed by atoms with Gasteiger partial charge >= 0.3 is 0 Å². The van der Waals surface area contributed by atoms with Crippen LogP contribution in [0.15, 0.2) is 28.7 Å². The van der Waals surface area contributed by atoms with Crippen molar-refractivity contribution in [2.45, 2.75) is 13.5 Å². The molecular formula is C14H11NO3. The smallest absolute Gasteiger partial charge is 0.251 e. The van der Waals surface area contributed by atoms with Gasteiger partial charge in [-0.05, 0) is 36.2 Å². The molecule has 2 heterocycles. The van der Waals surface area contributed by atoms with Gasteiger partial charge in [0.1, 0.15) is 5.76 Å². The Morgan fingerprint density at radius 1 is 1.28 bits per heavy atom. The van der Waals surface area contributed by atoms with E-state index < -0.39 is 0 Å². The van der Waals surface area contributed by atoms with E-state index in [1.54, 1.807) is 12.1 Å². The lowest BCUT2D eigenvalue weighted by molar-refractivity contribution is 0.0965. The van der Waals surface area contributed by atoms with Gasteiger partial charge in [0.15, 0.2) is 12.0 Å². The molecule has 18 heavy (non-hydrogen) atoms. The number of rotatable bonds is 2. The number of fused-ring (bicyclic) bond motifs is 1. The maximum Gasteiger partial charge on any atom is 0.251 e. The van der Waals surface area contributed by atoms with Crippen LogP contribution in [0, 0.1) is 6.92 Å². The molecule has 0 saturated heterocycles. The summed E-state index contributed by atoms with van der Waals surface area (Å²) in [5.41, 5.74) is 3.54. The maximum absolute atomic E-state index is 11.6. The second-order valence-electron chi connectivity index (χ2n) is 4.29. The van der Waals surface area contributed by atoms with Gasteiger partial charge < -0.3 is 9.73 Å². The Bertz CT molecular complexity index is 655. The average Bonchev–Trinajstić information content (AvgIpc) is 2.97. The Labute approximate surface area is 104 Å². The van der Waals surface area contributed by atoms with Crippen LogP contribution in [-0.2, 0) is 6.54 Å². The van der Waals surface area contributed by atoms with Crippen LogP contribution in [-0.4, -0.2) is 12.2 Å². The van der Waals surface area contributed by atoms with Gasteiger partial charge in [0.25, 0.3) is 5.91 Å². The molecule has 1 aromatic carbocycles. The molecule has 4 nitrogen and oxygen atoms in total. The van der Waals surface area contributed by atoms with Gasteiger partial charge in [0.05, 0.1) is 0 Å². The van der Waals surface area contributed by atoms with Crippen LogP contribution >= 0.6 is 0 Å². The highest BCUT2D eigenvalue weighted by Gasteiger charge is 2.24. The molecule has 0 spiro atoms. The van der Waals surface area contributed by atoms with Gasteiger partial charge in [-0.2, -0.15) is 0 Å². The number of aryl methyl sites for hydroxylation is 1. The second-order valence-corrected chi connectivity index (χ2v) is 4.29.